The van der Waals surface area contributed by atoms with Crippen molar-refractivity contribution in [2.75, 3.05) is 7.11 Å². The first-order valence-electron chi connectivity index (χ1n) is 8.71. The van der Waals surface area contributed by atoms with Crippen LogP contribution in [0.15, 0.2) is 48.5 Å². The highest BCUT2D eigenvalue weighted by molar-refractivity contribution is 6.00. The third-order valence-corrected chi connectivity index (χ3v) is 4.46. The summed E-state index contributed by atoms with van der Waals surface area (Å²) in [7, 11) is 1.32. The van der Waals surface area contributed by atoms with Gasteiger partial charge in [-0.15, -0.1) is 0 Å². The van der Waals surface area contributed by atoms with Gasteiger partial charge in [-0.05, 0) is 62.4 Å². The molecule has 8 heteroatoms. The van der Waals surface area contributed by atoms with Gasteiger partial charge < -0.3 is 9.30 Å². The van der Waals surface area contributed by atoms with Gasteiger partial charge in [-0.25, -0.2) is 8.78 Å². The average Bonchev–Trinajstić information content (AvgIpc) is 3.00. The summed E-state index contributed by atoms with van der Waals surface area (Å²) in [5.41, 5.74) is 7.05. The van der Waals surface area contributed by atoms with E-state index in [9.17, 15) is 18.4 Å². The molecule has 0 aliphatic rings. The summed E-state index contributed by atoms with van der Waals surface area (Å²) in [5.74, 6) is -2.24. The maximum atomic E-state index is 13.7. The molecule has 0 bridgehead atoms. The molecule has 0 aliphatic heterocycles. The van der Waals surface area contributed by atoms with Gasteiger partial charge in [0.2, 0.25) is 0 Å². The van der Waals surface area contributed by atoms with Crippen LogP contribution in [0.3, 0.4) is 0 Å². The number of carbonyl (C=O) groups excluding carboxylic acids is 2. The van der Waals surface area contributed by atoms with E-state index < -0.39 is 17.6 Å². The number of carbonyl (C=O) groups is 2. The molecule has 0 saturated carbocycles. The molecule has 0 aliphatic carbocycles. The number of aryl methyl sites for hydroxylation is 1. The molecule has 2 aromatic carbocycles. The van der Waals surface area contributed by atoms with Crippen molar-refractivity contribution in [3.8, 4) is 11.4 Å². The number of hydrogen-bond donors (Lipinski definition) is 2. The Kier molecular flexibility index (Phi) is 5.63. The molecule has 0 atom stereocenters. The van der Waals surface area contributed by atoms with E-state index in [1.165, 1.54) is 31.4 Å². The molecule has 0 saturated heterocycles. The Balaban J connectivity index is 1.74. The Morgan fingerprint density at radius 2 is 1.59 bits per heavy atom. The highest BCUT2D eigenvalue weighted by atomic mass is 19.1. The first kappa shape index (κ1) is 20.1. The summed E-state index contributed by atoms with van der Waals surface area (Å²) in [6.07, 6.45) is 0. The smallest absolute Gasteiger partial charge is 0.271 e. The highest BCUT2D eigenvalue weighted by Crippen LogP contribution is 2.21. The lowest BCUT2D eigenvalue weighted by Crippen LogP contribution is -2.41. The summed E-state index contributed by atoms with van der Waals surface area (Å²) in [6, 6.07) is 11.3. The average molecular weight is 399 g/mol. The molecule has 0 unspecified atom stereocenters. The van der Waals surface area contributed by atoms with E-state index in [0.717, 1.165) is 11.8 Å². The maximum absolute atomic E-state index is 13.7. The summed E-state index contributed by atoms with van der Waals surface area (Å²) < 4.78 is 33.5. The summed E-state index contributed by atoms with van der Waals surface area (Å²) in [4.78, 5) is 24.7. The van der Waals surface area contributed by atoms with Crippen LogP contribution in [0, 0.1) is 25.5 Å². The van der Waals surface area contributed by atoms with Gasteiger partial charge in [0, 0.05) is 22.6 Å². The van der Waals surface area contributed by atoms with Gasteiger partial charge in [0.15, 0.2) is 11.6 Å². The van der Waals surface area contributed by atoms with E-state index in [4.69, 9.17) is 4.74 Å². The van der Waals surface area contributed by atoms with E-state index in [2.05, 4.69) is 10.9 Å². The Bertz CT molecular complexity index is 1080. The number of rotatable bonds is 4. The van der Waals surface area contributed by atoms with Gasteiger partial charge in [0.1, 0.15) is 5.82 Å². The zero-order valence-electron chi connectivity index (χ0n) is 16.0. The normalized spacial score (nSPS) is 10.5. The minimum Gasteiger partial charge on any atom is -0.494 e. The standard InChI is InChI=1S/C21H19F2N3O3/c1-12-10-17(13(2)26(12)16-7-5-15(22)6-8-16)21(28)25-24-20(27)14-4-9-19(29-3)18(23)11-14/h4-11H,1-3H3,(H,24,27)(H,25,28). The zero-order valence-corrected chi connectivity index (χ0v) is 16.0. The van der Waals surface area contributed by atoms with Crippen molar-refractivity contribution in [3.63, 3.8) is 0 Å². The summed E-state index contributed by atoms with van der Waals surface area (Å²) >= 11 is 0. The van der Waals surface area contributed by atoms with Crippen LogP contribution in [0.1, 0.15) is 32.1 Å². The Morgan fingerprint density at radius 3 is 2.21 bits per heavy atom. The minimum absolute atomic E-state index is 0.0128. The van der Waals surface area contributed by atoms with E-state index in [1.54, 1.807) is 29.7 Å². The van der Waals surface area contributed by atoms with Crippen LogP contribution in [0.25, 0.3) is 5.69 Å². The topological polar surface area (TPSA) is 72.4 Å². The SMILES string of the molecule is COc1ccc(C(=O)NNC(=O)c2cc(C)n(-c3ccc(F)cc3)c2C)cc1F. The molecule has 2 amide bonds. The van der Waals surface area contributed by atoms with Crippen molar-refractivity contribution in [2.45, 2.75) is 13.8 Å². The largest absolute Gasteiger partial charge is 0.494 e. The third kappa shape index (κ3) is 4.11. The second-order valence-electron chi connectivity index (χ2n) is 6.35. The van der Waals surface area contributed by atoms with Crippen LogP contribution in [0.4, 0.5) is 8.78 Å². The second kappa shape index (κ2) is 8.14. The first-order chi connectivity index (χ1) is 13.8. The number of hydrazine groups is 1. The lowest BCUT2D eigenvalue weighted by atomic mass is 10.2. The van der Waals surface area contributed by atoms with Gasteiger partial charge in [-0.3, -0.25) is 20.4 Å². The number of amides is 2. The van der Waals surface area contributed by atoms with Crippen LogP contribution in [0.2, 0.25) is 0 Å². The van der Waals surface area contributed by atoms with Crippen LogP contribution >= 0.6 is 0 Å². The van der Waals surface area contributed by atoms with Crippen molar-refractivity contribution in [2.24, 2.45) is 0 Å². The molecular formula is C21H19F2N3O3. The van der Waals surface area contributed by atoms with Gasteiger partial charge >= 0.3 is 0 Å². The van der Waals surface area contributed by atoms with E-state index in [1.807, 2.05) is 6.92 Å². The number of hydrogen-bond acceptors (Lipinski definition) is 3. The van der Waals surface area contributed by atoms with E-state index in [0.29, 0.717) is 16.9 Å². The maximum Gasteiger partial charge on any atom is 0.271 e. The molecule has 3 rings (SSSR count). The predicted molar refractivity (Wildman–Crippen MR) is 103 cm³/mol. The van der Waals surface area contributed by atoms with Crippen molar-refractivity contribution in [1.29, 1.82) is 0 Å². The molecular weight excluding hydrogens is 380 g/mol. The molecule has 29 heavy (non-hydrogen) atoms. The summed E-state index contributed by atoms with van der Waals surface area (Å²) in [5, 5.41) is 0. The zero-order chi connectivity index (χ0) is 21.1. The van der Waals surface area contributed by atoms with Crippen molar-refractivity contribution in [1.82, 2.24) is 15.4 Å². The molecule has 1 aromatic heterocycles. The number of ether oxygens (including phenoxy) is 1. The van der Waals surface area contributed by atoms with Gasteiger partial charge in [0.25, 0.3) is 11.8 Å². The molecule has 2 N–H and O–H groups in total. The number of methoxy groups -OCH3 is 1. The summed E-state index contributed by atoms with van der Waals surface area (Å²) in [6.45, 7) is 3.55. The van der Waals surface area contributed by atoms with Gasteiger partial charge in [-0.2, -0.15) is 0 Å². The second-order valence-corrected chi connectivity index (χ2v) is 6.35. The molecule has 150 valence electrons. The third-order valence-electron chi connectivity index (χ3n) is 4.46. The number of aromatic nitrogens is 1. The number of nitrogens with zero attached hydrogens (tertiary/aromatic N) is 1. The van der Waals surface area contributed by atoms with Crippen molar-refractivity contribution < 1.29 is 23.1 Å². The van der Waals surface area contributed by atoms with Gasteiger partial charge in [-0.1, -0.05) is 0 Å². The molecule has 1 heterocycles. The molecule has 6 nitrogen and oxygen atoms in total. The Hall–Kier alpha value is -3.68. The lowest BCUT2D eigenvalue weighted by molar-refractivity contribution is 0.0846. The monoisotopic (exact) mass is 399 g/mol. The lowest BCUT2D eigenvalue weighted by Gasteiger charge is -2.11. The fourth-order valence-corrected chi connectivity index (χ4v) is 3.04. The predicted octanol–water partition coefficient (Wildman–Crippen LogP) is 3.46. The highest BCUT2D eigenvalue weighted by Gasteiger charge is 2.18. The van der Waals surface area contributed by atoms with Crippen molar-refractivity contribution in [3.05, 3.63) is 82.7 Å². The van der Waals surface area contributed by atoms with Crippen molar-refractivity contribution >= 4 is 11.8 Å². The fourth-order valence-electron chi connectivity index (χ4n) is 3.04. The first-order valence-corrected chi connectivity index (χ1v) is 8.71. The van der Waals surface area contributed by atoms with Crippen LogP contribution in [0.5, 0.6) is 5.75 Å². The van der Waals surface area contributed by atoms with E-state index >= 15 is 0 Å². The quantitative estimate of drug-likeness (QED) is 0.660. The Labute approximate surface area is 166 Å². The minimum atomic E-state index is -0.686. The molecule has 0 radical (unpaired) electrons. The number of nitrogens with one attached hydrogen (secondary N) is 2. The van der Waals surface area contributed by atoms with Crippen LogP contribution < -0.4 is 15.6 Å². The molecule has 3 aromatic rings. The molecule has 0 spiro atoms. The van der Waals surface area contributed by atoms with E-state index in [-0.39, 0.29) is 17.1 Å². The van der Waals surface area contributed by atoms with Crippen LogP contribution in [-0.2, 0) is 0 Å². The van der Waals surface area contributed by atoms with Gasteiger partial charge in [0.05, 0.1) is 12.7 Å². The fraction of sp³-hybridized carbons (Fsp3) is 0.143. The number of halogens is 2. The molecule has 0 fully saturated rings. The van der Waals surface area contributed by atoms with Crippen LogP contribution in [-0.4, -0.2) is 23.5 Å². The number of benzene rings is 2. The Morgan fingerprint density at radius 1 is 0.931 bits per heavy atom.